The van der Waals surface area contributed by atoms with Gasteiger partial charge in [-0.05, 0) is 57.9 Å². The fourth-order valence-electron chi connectivity index (χ4n) is 4.30. The fraction of sp³-hybridized carbons (Fsp3) is 0.500. The number of hydrogen-bond donors (Lipinski definition) is 0. The van der Waals surface area contributed by atoms with Gasteiger partial charge in [-0.15, -0.1) is 0 Å². The van der Waals surface area contributed by atoms with Gasteiger partial charge in [-0.2, -0.15) is 0 Å². The second-order valence-corrected chi connectivity index (χ2v) is 7.74. The van der Waals surface area contributed by atoms with Crippen LogP contribution in [-0.4, -0.2) is 48.0 Å². The van der Waals surface area contributed by atoms with Crippen molar-refractivity contribution in [1.29, 1.82) is 0 Å². The maximum atomic E-state index is 13.5. The number of nitrogens with zero attached hydrogens (tertiary/aromatic N) is 2. The topological polar surface area (TPSA) is 43.7 Å². The highest BCUT2D eigenvalue weighted by atomic mass is 16.7. The Morgan fingerprint density at radius 2 is 1.74 bits per heavy atom. The van der Waals surface area contributed by atoms with Gasteiger partial charge in [0.15, 0.2) is 6.29 Å². The Kier molecular flexibility index (Phi) is 5.06. The molecule has 2 aliphatic rings. The van der Waals surface area contributed by atoms with E-state index in [1.807, 2.05) is 17.9 Å². The number of benzene rings is 1. The Morgan fingerprint density at radius 1 is 1.04 bits per heavy atom. The van der Waals surface area contributed by atoms with Gasteiger partial charge in [-0.1, -0.05) is 11.6 Å². The number of amides is 1. The van der Waals surface area contributed by atoms with E-state index in [2.05, 4.69) is 42.7 Å². The third-order valence-electron chi connectivity index (χ3n) is 5.67. The van der Waals surface area contributed by atoms with E-state index in [1.165, 1.54) is 0 Å². The highest BCUT2D eigenvalue weighted by molar-refractivity contribution is 5.98. The van der Waals surface area contributed by atoms with Crippen LogP contribution < -0.4 is 0 Å². The van der Waals surface area contributed by atoms with Gasteiger partial charge in [0.05, 0.1) is 24.5 Å². The Labute approximate surface area is 160 Å². The van der Waals surface area contributed by atoms with Crippen LogP contribution in [-0.2, 0) is 9.47 Å². The zero-order valence-electron chi connectivity index (χ0n) is 16.4. The SMILES string of the molecule is Cc1ccc(-n2c(C)ccc2C)c(C(=O)N2CCCC(C3OCCO3)C2)c1. The van der Waals surface area contributed by atoms with Gasteiger partial charge in [0, 0.05) is 30.4 Å². The van der Waals surface area contributed by atoms with Crippen molar-refractivity contribution in [2.75, 3.05) is 26.3 Å². The van der Waals surface area contributed by atoms with Gasteiger partial charge < -0.3 is 18.9 Å². The largest absolute Gasteiger partial charge is 0.350 e. The Hall–Kier alpha value is -2.11. The average Bonchev–Trinajstić information content (AvgIpc) is 3.32. The van der Waals surface area contributed by atoms with Crippen LogP contribution in [0.4, 0.5) is 0 Å². The molecule has 1 amide bonds. The Balaban J connectivity index is 1.64. The minimum absolute atomic E-state index is 0.101. The highest BCUT2D eigenvalue weighted by Gasteiger charge is 2.33. The maximum Gasteiger partial charge on any atom is 0.256 e. The van der Waals surface area contributed by atoms with Gasteiger partial charge in [0.2, 0.25) is 0 Å². The van der Waals surface area contributed by atoms with Crippen molar-refractivity contribution in [2.45, 2.75) is 39.9 Å². The van der Waals surface area contributed by atoms with Crippen molar-refractivity contribution < 1.29 is 14.3 Å². The lowest BCUT2D eigenvalue weighted by molar-refractivity contribution is -0.0969. The number of likely N-dealkylation sites (tertiary alicyclic amines) is 1. The molecule has 2 fully saturated rings. The normalized spacial score (nSPS) is 21.0. The van der Waals surface area contributed by atoms with Gasteiger partial charge in [-0.3, -0.25) is 4.79 Å². The minimum Gasteiger partial charge on any atom is -0.350 e. The Bertz CT molecular complexity index is 817. The molecule has 1 atom stereocenters. The molecular formula is C22H28N2O3. The standard InChI is InChI=1S/C22H28N2O3/c1-15-6-9-20(24-16(2)7-8-17(24)3)19(13-15)21(25)23-10-4-5-18(14-23)22-26-11-12-27-22/h6-9,13,18,22H,4-5,10-12,14H2,1-3H3. The minimum atomic E-state index is -0.161. The predicted octanol–water partition coefficient (Wildman–Crippen LogP) is 3.63. The summed E-state index contributed by atoms with van der Waals surface area (Å²) in [5.41, 5.74) is 5.09. The van der Waals surface area contributed by atoms with Crippen LogP contribution in [0.5, 0.6) is 0 Å². The molecule has 4 rings (SSSR count). The van der Waals surface area contributed by atoms with E-state index in [0.717, 1.165) is 47.6 Å². The number of rotatable bonds is 3. The van der Waals surface area contributed by atoms with E-state index in [-0.39, 0.29) is 18.1 Å². The molecule has 0 N–H and O–H groups in total. The van der Waals surface area contributed by atoms with Crippen LogP contribution in [0, 0.1) is 26.7 Å². The monoisotopic (exact) mass is 368 g/mol. The molecule has 1 aromatic heterocycles. The molecule has 2 aromatic rings. The van der Waals surface area contributed by atoms with Crippen molar-refractivity contribution in [3.8, 4) is 5.69 Å². The molecule has 5 nitrogen and oxygen atoms in total. The van der Waals surface area contributed by atoms with Crippen molar-refractivity contribution in [2.24, 2.45) is 5.92 Å². The number of carbonyl (C=O) groups is 1. The summed E-state index contributed by atoms with van der Waals surface area (Å²) in [6, 6.07) is 10.3. The average molecular weight is 368 g/mol. The third-order valence-corrected chi connectivity index (χ3v) is 5.67. The second-order valence-electron chi connectivity index (χ2n) is 7.74. The van der Waals surface area contributed by atoms with Crippen LogP contribution in [0.3, 0.4) is 0 Å². The lowest BCUT2D eigenvalue weighted by Crippen LogP contribution is -2.44. The van der Waals surface area contributed by atoms with Gasteiger partial charge in [-0.25, -0.2) is 0 Å². The Morgan fingerprint density at radius 3 is 2.44 bits per heavy atom. The number of piperidine rings is 1. The number of hydrogen-bond acceptors (Lipinski definition) is 3. The molecule has 2 aliphatic heterocycles. The fourth-order valence-corrected chi connectivity index (χ4v) is 4.30. The molecule has 5 heteroatoms. The summed E-state index contributed by atoms with van der Waals surface area (Å²) in [6.45, 7) is 8.99. The summed E-state index contributed by atoms with van der Waals surface area (Å²) >= 11 is 0. The highest BCUT2D eigenvalue weighted by Crippen LogP contribution is 2.28. The first kappa shape index (κ1) is 18.3. The third kappa shape index (κ3) is 3.54. The van der Waals surface area contributed by atoms with E-state index < -0.39 is 0 Å². The first-order valence-corrected chi connectivity index (χ1v) is 9.83. The van der Waals surface area contributed by atoms with Crippen LogP contribution in [0.2, 0.25) is 0 Å². The second kappa shape index (κ2) is 7.49. The number of ether oxygens (including phenoxy) is 2. The van der Waals surface area contributed by atoms with E-state index in [1.54, 1.807) is 0 Å². The molecule has 0 spiro atoms. The molecule has 27 heavy (non-hydrogen) atoms. The molecule has 2 saturated heterocycles. The molecule has 0 bridgehead atoms. The predicted molar refractivity (Wildman–Crippen MR) is 104 cm³/mol. The lowest BCUT2D eigenvalue weighted by Gasteiger charge is -2.35. The number of aryl methyl sites for hydroxylation is 3. The molecule has 144 valence electrons. The first-order valence-electron chi connectivity index (χ1n) is 9.83. The molecular weight excluding hydrogens is 340 g/mol. The molecule has 1 unspecified atom stereocenters. The molecule has 1 aromatic carbocycles. The summed E-state index contributed by atoms with van der Waals surface area (Å²) in [5.74, 6) is 0.359. The van der Waals surface area contributed by atoms with Crippen LogP contribution >= 0.6 is 0 Å². The van der Waals surface area contributed by atoms with Gasteiger partial charge >= 0.3 is 0 Å². The maximum absolute atomic E-state index is 13.5. The van der Waals surface area contributed by atoms with Gasteiger partial charge in [0.25, 0.3) is 5.91 Å². The van der Waals surface area contributed by atoms with Crippen LogP contribution in [0.15, 0.2) is 30.3 Å². The van der Waals surface area contributed by atoms with Gasteiger partial charge in [0.1, 0.15) is 0 Å². The van der Waals surface area contributed by atoms with Crippen LogP contribution in [0.1, 0.15) is 40.2 Å². The van der Waals surface area contributed by atoms with Crippen molar-refractivity contribution in [3.05, 3.63) is 52.8 Å². The van der Waals surface area contributed by atoms with Crippen molar-refractivity contribution >= 4 is 5.91 Å². The summed E-state index contributed by atoms with van der Waals surface area (Å²) in [7, 11) is 0. The molecule has 0 aliphatic carbocycles. The smallest absolute Gasteiger partial charge is 0.256 e. The van der Waals surface area contributed by atoms with E-state index in [0.29, 0.717) is 19.8 Å². The summed E-state index contributed by atoms with van der Waals surface area (Å²) in [5, 5.41) is 0. The summed E-state index contributed by atoms with van der Waals surface area (Å²) in [6.07, 6.45) is 1.87. The molecule has 0 radical (unpaired) electrons. The van der Waals surface area contributed by atoms with Crippen LogP contribution in [0.25, 0.3) is 5.69 Å². The first-order chi connectivity index (χ1) is 13.0. The number of carbonyl (C=O) groups excluding carboxylic acids is 1. The zero-order valence-corrected chi connectivity index (χ0v) is 16.4. The zero-order chi connectivity index (χ0) is 19.0. The lowest BCUT2D eigenvalue weighted by atomic mass is 9.96. The van der Waals surface area contributed by atoms with E-state index in [9.17, 15) is 4.79 Å². The van der Waals surface area contributed by atoms with Crippen molar-refractivity contribution in [3.63, 3.8) is 0 Å². The number of aromatic nitrogens is 1. The molecule has 0 saturated carbocycles. The van der Waals surface area contributed by atoms with E-state index in [4.69, 9.17) is 9.47 Å². The quantitative estimate of drug-likeness (QED) is 0.831. The summed E-state index contributed by atoms with van der Waals surface area (Å²) in [4.78, 5) is 15.5. The molecule has 3 heterocycles. The summed E-state index contributed by atoms with van der Waals surface area (Å²) < 4.78 is 13.6. The van der Waals surface area contributed by atoms with Crippen molar-refractivity contribution in [1.82, 2.24) is 9.47 Å². The van der Waals surface area contributed by atoms with E-state index >= 15 is 0 Å².